The number of aryl methyl sites for hydroxylation is 1. The molecule has 0 unspecified atom stereocenters. The van der Waals surface area contributed by atoms with Crippen molar-refractivity contribution in [2.24, 2.45) is 7.05 Å². The van der Waals surface area contributed by atoms with E-state index in [0.717, 1.165) is 44.9 Å². The molecule has 0 fully saturated rings. The summed E-state index contributed by atoms with van der Waals surface area (Å²) in [5.74, 6) is 0. The fraction of sp³-hybridized carbons (Fsp3) is 0.0435. The quantitative estimate of drug-likeness (QED) is 0.431. The number of carbonyl (C=O) groups excluding carboxylic acids is 2. The molecule has 0 aliphatic rings. The highest BCUT2D eigenvalue weighted by Gasteiger charge is 2.09. The van der Waals surface area contributed by atoms with E-state index in [9.17, 15) is 9.59 Å². The summed E-state index contributed by atoms with van der Waals surface area (Å²) in [5, 5.41) is 11.0. The summed E-state index contributed by atoms with van der Waals surface area (Å²) in [5.41, 5.74) is 9.92. The number of nitrogens with zero attached hydrogens (tertiary/aromatic N) is 3. The first-order valence-corrected chi connectivity index (χ1v) is 9.99. The van der Waals surface area contributed by atoms with E-state index in [1.165, 1.54) is 11.3 Å². The van der Waals surface area contributed by atoms with E-state index < -0.39 is 0 Å². The van der Waals surface area contributed by atoms with Gasteiger partial charge in [0.1, 0.15) is 17.6 Å². The van der Waals surface area contributed by atoms with Gasteiger partial charge in [-0.3, -0.25) is 9.59 Å². The largest absolute Gasteiger partial charge is 0.374 e. The lowest BCUT2D eigenvalue weighted by Crippen LogP contribution is -1.87. The second kappa shape index (κ2) is 8.26. The molecule has 2 heterocycles. The molecule has 6 nitrogen and oxygen atoms in total. The van der Waals surface area contributed by atoms with Gasteiger partial charge in [0.05, 0.1) is 0 Å². The van der Waals surface area contributed by atoms with Crippen molar-refractivity contribution >= 4 is 50.8 Å². The summed E-state index contributed by atoms with van der Waals surface area (Å²) in [6.45, 7) is 0. The zero-order valence-electron chi connectivity index (χ0n) is 16.1. The van der Waals surface area contributed by atoms with Gasteiger partial charge in [-0.05, 0) is 36.4 Å². The maximum atomic E-state index is 10.9. The lowest BCUT2D eigenvalue weighted by Gasteiger charge is -1.97. The van der Waals surface area contributed by atoms with Gasteiger partial charge in [0, 0.05) is 45.5 Å². The van der Waals surface area contributed by atoms with Crippen LogP contribution in [0.4, 0.5) is 5.13 Å². The molecule has 3 aromatic carbocycles. The van der Waals surface area contributed by atoms with Gasteiger partial charge in [-0.25, -0.2) is 0 Å². The number of hydrogen-bond acceptors (Lipinski definition) is 6. The minimum atomic E-state index is 0.508. The molecular weight excluding hydrogens is 396 g/mol. The van der Waals surface area contributed by atoms with Gasteiger partial charge in [0.2, 0.25) is 5.13 Å². The molecule has 5 aromatic rings. The van der Waals surface area contributed by atoms with Crippen LogP contribution in [0.25, 0.3) is 32.4 Å². The predicted octanol–water partition coefficient (Wildman–Crippen LogP) is 4.74. The molecule has 0 aliphatic heterocycles. The molecule has 7 heteroatoms. The monoisotopic (exact) mass is 414 g/mol. The highest BCUT2D eigenvalue weighted by molar-refractivity contribution is 7.18. The highest BCUT2D eigenvalue weighted by atomic mass is 32.1. The predicted molar refractivity (Wildman–Crippen MR) is 121 cm³/mol. The molecule has 148 valence electrons. The maximum Gasteiger partial charge on any atom is 0.203 e. The van der Waals surface area contributed by atoms with Gasteiger partial charge in [-0.15, -0.1) is 10.2 Å². The van der Waals surface area contributed by atoms with Gasteiger partial charge >= 0.3 is 0 Å². The van der Waals surface area contributed by atoms with Crippen molar-refractivity contribution in [2.45, 2.75) is 0 Å². The number of rotatable bonds is 3. The molecule has 0 spiro atoms. The Balaban J connectivity index is 0.000000158. The Morgan fingerprint density at radius 2 is 1.40 bits per heavy atom. The van der Waals surface area contributed by atoms with E-state index in [0.29, 0.717) is 16.3 Å². The summed E-state index contributed by atoms with van der Waals surface area (Å²) < 4.78 is 2.06. The standard InChI is InChI=1S/C15H11NO2.C8H7N3S/c1-16-14-4-2-10(8-17)6-12(14)13-7-11(9-18)3-5-15(13)16;9-8-11-10-7(12-8)6-4-2-1-3-5-6/h2-9H,1H3;1-5H,(H2,9,11). The maximum absolute atomic E-state index is 10.9. The number of aromatic nitrogens is 3. The van der Waals surface area contributed by atoms with Crippen LogP contribution in [0.5, 0.6) is 0 Å². The van der Waals surface area contributed by atoms with Crippen LogP contribution < -0.4 is 5.73 Å². The third kappa shape index (κ3) is 3.70. The summed E-state index contributed by atoms with van der Waals surface area (Å²) >= 11 is 1.40. The Morgan fingerprint density at radius 1 is 0.833 bits per heavy atom. The van der Waals surface area contributed by atoms with E-state index in [1.54, 1.807) is 12.1 Å². The van der Waals surface area contributed by atoms with E-state index in [1.807, 2.05) is 61.6 Å². The van der Waals surface area contributed by atoms with Crippen LogP contribution in [0.1, 0.15) is 20.7 Å². The van der Waals surface area contributed by atoms with Gasteiger partial charge in [0.25, 0.3) is 0 Å². The third-order valence-corrected chi connectivity index (χ3v) is 5.59. The smallest absolute Gasteiger partial charge is 0.203 e. The van der Waals surface area contributed by atoms with Gasteiger partial charge in [-0.2, -0.15) is 0 Å². The van der Waals surface area contributed by atoms with Crippen molar-refractivity contribution in [1.29, 1.82) is 0 Å². The zero-order chi connectivity index (χ0) is 21.1. The second-order valence-corrected chi connectivity index (χ2v) is 7.67. The molecule has 0 amide bonds. The average Bonchev–Trinajstić information content (AvgIpc) is 3.36. The Kier molecular flexibility index (Phi) is 5.36. The van der Waals surface area contributed by atoms with E-state index in [-0.39, 0.29) is 0 Å². The summed E-state index contributed by atoms with van der Waals surface area (Å²) in [6, 6.07) is 21.1. The molecule has 0 bridgehead atoms. The van der Waals surface area contributed by atoms with Crippen LogP contribution in [-0.2, 0) is 7.05 Å². The lowest BCUT2D eigenvalue weighted by molar-refractivity contribution is 0.111. The number of carbonyl (C=O) groups is 2. The van der Waals surface area contributed by atoms with E-state index >= 15 is 0 Å². The van der Waals surface area contributed by atoms with Crippen molar-refractivity contribution in [1.82, 2.24) is 14.8 Å². The molecule has 2 aromatic heterocycles. The molecule has 0 saturated heterocycles. The number of benzene rings is 3. The fourth-order valence-electron chi connectivity index (χ4n) is 3.33. The number of anilines is 1. The first kappa shape index (κ1) is 19.5. The van der Waals surface area contributed by atoms with Gasteiger partial charge in [-0.1, -0.05) is 41.7 Å². The second-order valence-electron chi connectivity index (χ2n) is 6.66. The van der Waals surface area contributed by atoms with Crippen molar-refractivity contribution in [3.63, 3.8) is 0 Å². The zero-order valence-corrected chi connectivity index (χ0v) is 17.0. The first-order chi connectivity index (χ1) is 14.6. The molecule has 5 rings (SSSR count). The summed E-state index contributed by atoms with van der Waals surface area (Å²) in [6.07, 6.45) is 1.67. The number of hydrogen-bond donors (Lipinski definition) is 1. The topological polar surface area (TPSA) is 90.9 Å². The number of nitrogen functional groups attached to an aromatic ring is 1. The van der Waals surface area contributed by atoms with Gasteiger partial charge < -0.3 is 10.3 Å². The fourth-order valence-corrected chi connectivity index (χ4v) is 3.95. The Labute approximate surface area is 176 Å². The van der Waals surface area contributed by atoms with Crippen LogP contribution >= 0.6 is 11.3 Å². The molecule has 0 aliphatic carbocycles. The lowest BCUT2D eigenvalue weighted by atomic mass is 10.1. The minimum Gasteiger partial charge on any atom is -0.374 e. The van der Waals surface area contributed by atoms with Gasteiger partial charge in [0.15, 0.2) is 0 Å². The number of aldehydes is 2. The molecule has 0 radical (unpaired) electrons. The molecule has 0 atom stereocenters. The number of nitrogens with two attached hydrogens (primary N) is 1. The SMILES string of the molecule is Cn1c2ccc(C=O)cc2c2cc(C=O)ccc21.Nc1nnc(-c2ccccc2)s1. The van der Waals surface area contributed by atoms with E-state index in [2.05, 4.69) is 14.8 Å². The minimum absolute atomic E-state index is 0.508. The summed E-state index contributed by atoms with van der Waals surface area (Å²) in [7, 11) is 1.98. The Bertz CT molecular complexity index is 1290. The highest BCUT2D eigenvalue weighted by Crippen LogP contribution is 2.29. The first-order valence-electron chi connectivity index (χ1n) is 9.17. The van der Waals surface area contributed by atoms with Crippen molar-refractivity contribution in [3.05, 3.63) is 77.9 Å². The van der Waals surface area contributed by atoms with E-state index in [4.69, 9.17) is 5.73 Å². The van der Waals surface area contributed by atoms with Crippen molar-refractivity contribution in [3.8, 4) is 10.6 Å². The third-order valence-electron chi connectivity index (χ3n) is 4.79. The average molecular weight is 414 g/mol. The van der Waals surface area contributed by atoms with Crippen LogP contribution in [0.15, 0.2) is 66.7 Å². The molecule has 2 N–H and O–H groups in total. The number of fused-ring (bicyclic) bond motifs is 3. The molecular formula is C23H18N4O2S. The van der Waals surface area contributed by atoms with Crippen LogP contribution in [-0.4, -0.2) is 27.3 Å². The van der Waals surface area contributed by atoms with Crippen LogP contribution in [0.3, 0.4) is 0 Å². The van der Waals surface area contributed by atoms with Crippen LogP contribution in [0, 0.1) is 0 Å². The molecule has 30 heavy (non-hydrogen) atoms. The Hall–Kier alpha value is -3.84. The molecule has 0 saturated carbocycles. The normalized spacial score (nSPS) is 10.6. The van der Waals surface area contributed by atoms with Crippen LogP contribution in [0.2, 0.25) is 0 Å². The van der Waals surface area contributed by atoms with Crippen molar-refractivity contribution < 1.29 is 9.59 Å². The summed E-state index contributed by atoms with van der Waals surface area (Å²) in [4.78, 5) is 21.7. The van der Waals surface area contributed by atoms with Crippen molar-refractivity contribution in [2.75, 3.05) is 5.73 Å². The Morgan fingerprint density at radius 3 is 1.87 bits per heavy atom.